The van der Waals surface area contributed by atoms with Gasteiger partial charge < -0.3 is 19.2 Å². The minimum absolute atomic E-state index is 0.0145. The monoisotopic (exact) mass is 537 g/mol. The number of Topliss-reactive ketones (excluding diaryl/α,β-unsaturated/α-hetero) is 1. The number of nitrogens with zero attached hydrogens (tertiary/aromatic N) is 3. The Morgan fingerprint density at radius 2 is 1.68 bits per heavy atom. The Labute approximate surface area is 227 Å². The molecule has 1 unspecified atom stereocenters. The van der Waals surface area contributed by atoms with Gasteiger partial charge in [0.1, 0.15) is 11.5 Å². The van der Waals surface area contributed by atoms with E-state index in [0.29, 0.717) is 18.0 Å². The van der Waals surface area contributed by atoms with Crippen LogP contribution in [0.3, 0.4) is 0 Å². The molecule has 1 N–H and O–H groups in total. The molecule has 3 aromatic rings. The number of ether oxygens (including phenoxy) is 1. The molecule has 0 bridgehead atoms. The van der Waals surface area contributed by atoms with Crippen LogP contribution < -0.4 is 9.64 Å². The number of thioether (sulfide) groups is 1. The first kappa shape index (κ1) is 27.7. The number of hydrogen-bond donors (Lipinski definition) is 1. The lowest BCUT2D eigenvalue weighted by molar-refractivity contribution is -0.117. The molecule has 38 heavy (non-hydrogen) atoms. The van der Waals surface area contributed by atoms with E-state index in [-0.39, 0.29) is 51.6 Å². The second-order valence-electron chi connectivity index (χ2n) is 11.6. The number of methoxy groups -OCH3 is 1. The number of phenolic OH excluding ortho intramolecular Hbond substituents is 1. The van der Waals surface area contributed by atoms with Crippen LogP contribution in [0.25, 0.3) is 0 Å². The molecule has 1 atom stereocenters. The molecule has 0 radical (unpaired) electrons. The van der Waals surface area contributed by atoms with Gasteiger partial charge >= 0.3 is 0 Å². The largest absolute Gasteiger partial charge is 0.507 e. The quantitative estimate of drug-likeness (QED) is 0.294. The number of carbonyl (C=O) groups excluding carboxylic acids is 2. The number of phenols is 1. The maximum absolute atomic E-state index is 13.2. The van der Waals surface area contributed by atoms with E-state index in [1.54, 1.807) is 24.1 Å². The fourth-order valence-electron chi connectivity index (χ4n) is 4.48. The molecule has 1 saturated heterocycles. The van der Waals surface area contributed by atoms with Gasteiger partial charge in [0.25, 0.3) is 5.22 Å². The number of carbonyl (C=O) groups is 2. The van der Waals surface area contributed by atoms with Crippen LogP contribution in [-0.4, -0.2) is 46.4 Å². The van der Waals surface area contributed by atoms with Gasteiger partial charge in [0.2, 0.25) is 11.8 Å². The molecule has 1 fully saturated rings. The Morgan fingerprint density at radius 1 is 1.08 bits per heavy atom. The van der Waals surface area contributed by atoms with Crippen molar-refractivity contribution in [1.82, 2.24) is 10.2 Å². The summed E-state index contributed by atoms with van der Waals surface area (Å²) in [5.74, 6) is 1.14. The number of aromatic nitrogens is 2. The van der Waals surface area contributed by atoms with Crippen LogP contribution in [0.2, 0.25) is 0 Å². The Balaban J connectivity index is 1.45. The Kier molecular flexibility index (Phi) is 7.61. The van der Waals surface area contributed by atoms with Crippen LogP contribution in [0.4, 0.5) is 5.69 Å². The van der Waals surface area contributed by atoms with Crippen molar-refractivity contribution in [3.8, 4) is 11.5 Å². The van der Waals surface area contributed by atoms with Crippen LogP contribution in [0, 0.1) is 0 Å². The van der Waals surface area contributed by atoms with Crippen LogP contribution >= 0.6 is 11.8 Å². The molecule has 2 heterocycles. The van der Waals surface area contributed by atoms with Gasteiger partial charge in [-0.05, 0) is 47.2 Å². The zero-order valence-electron chi connectivity index (χ0n) is 23.0. The van der Waals surface area contributed by atoms with E-state index >= 15 is 0 Å². The van der Waals surface area contributed by atoms with E-state index < -0.39 is 0 Å². The first-order chi connectivity index (χ1) is 17.8. The van der Waals surface area contributed by atoms with Gasteiger partial charge in [-0.2, -0.15) is 0 Å². The predicted molar refractivity (Wildman–Crippen MR) is 148 cm³/mol. The lowest BCUT2D eigenvalue weighted by atomic mass is 9.78. The Morgan fingerprint density at radius 3 is 2.24 bits per heavy atom. The van der Waals surface area contributed by atoms with E-state index in [2.05, 4.69) is 10.2 Å². The molecule has 1 amide bonds. The lowest BCUT2D eigenvalue weighted by Gasteiger charge is -2.28. The maximum atomic E-state index is 13.2. The third kappa shape index (κ3) is 5.88. The molecule has 0 aliphatic carbocycles. The van der Waals surface area contributed by atoms with Crippen molar-refractivity contribution in [2.45, 2.75) is 69.9 Å². The molecule has 9 heteroatoms. The smallest absolute Gasteiger partial charge is 0.277 e. The molecule has 2 aromatic carbocycles. The summed E-state index contributed by atoms with van der Waals surface area (Å²) in [6.07, 6.45) is 0.274. The third-order valence-electron chi connectivity index (χ3n) is 6.66. The predicted octanol–water partition coefficient (Wildman–Crippen LogP) is 5.87. The summed E-state index contributed by atoms with van der Waals surface area (Å²) in [6.45, 7) is 12.5. The van der Waals surface area contributed by atoms with E-state index in [1.807, 2.05) is 65.8 Å². The molecule has 202 valence electrons. The van der Waals surface area contributed by atoms with Gasteiger partial charge in [-0.1, -0.05) is 53.3 Å². The van der Waals surface area contributed by atoms with Crippen molar-refractivity contribution in [1.29, 1.82) is 0 Å². The highest BCUT2D eigenvalue weighted by molar-refractivity contribution is 7.99. The normalized spacial score (nSPS) is 16.2. The number of hydrogen-bond acceptors (Lipinski definition) is 8. The number of ketones is 1. The minimum atomic E-state index is -0.326. The number of aromatic hydroxyl groups is 1. The molecule has 0 spiro atoms. The zero-order valence-corrected chi connectivity index (χ0v) is 23.8. The second kappa shape index (κ2) is 10.4. The number of rotatable bonds is 7. The number of anilines is 1. The van der Waals surface area contributed by atoms with Gasteiger partial charge in [-0.3, -0.25) is 9.59 Å². The number of benzene rings is 2. The fourth-order valence-corrected chi connectivity index (χ4v) is 5.14. The summed E-state index contributed by atoms with van der Waals surface area (Å²) in [5, 5.41) is 19.5. The van der Waals surface area contributed by atoms with Crippen molar-refractivity contribution in [3.63, 3.8) is 0 Å². The van der Waals surface area contributed by atoms with Crippen molar-refractivity contribution >= 4 is 29.1 Å². The highest BCUT2D eigenvalue weighted by Crippen LogP contribution is 2.40. The average molecular weight is 538 g/mol. The van der Waals surface area contributed by atoms with Crippen molar-refractivity contribution in [3.05, 3.63) is 59.0 Å². The van der Waals surface area contributed by atoms with Crippen molar-refractivity contribution < 1.29 is 23.8 Å². The van der Waals surface area contributed by atoms with Crippen LogP contribution in [0.15, 0.2) is 46.0 Å². The second-order valence-corrected chi connectivity index (χ2v) is 12.6. The first-order valence-corrected chi connectivity index (χ1v) is 13.6. The summed E-state index contributed by atoms with van der Waals surface area (Å²) in [7, 11) is 1.60. The average Bonchev–Trinajstić information content (AvgIpc) is 3.48. The van der Waals surface area contributed by atoms with Gasteiger partial charge in [0.05, 0.1) is 18.8 Å². The SMILES string of the molecule is COc1ccc(N2CC(c3nnc(SCC(=O)c4cc(C(C)(C)C)c(O)c(C(C)(C)C)c4)o3)CC2=O)cc1. The summed E-state index contributed by atoms with van der Waals surface area (Å²) in [6, 6.07) is 10.9. The van der Waals surface area contributed by atoms with Gasteiger partial charge in [-0.25, -0.2) is 0 Å². The zero-order chi connectivity index (χ0) is 27.8. The molecule has 0 saturated carbocycles. The Hall–Kier alpha value is -3.33. The summed E-state index contributed by atoms with van der Waals surface area (Å²) in [5.41, 5.74) is 2.16. The van der Waals surface area contributed by atoms with Gasteiger partial charge in [0.15, 0.2) is 5.78 Å². The summed E-state index contributed by atoms with van der Waals surface area (Å²) >= 11 is 1.17. The molecule has 8 nitrogen and oxygen atoms in total. The number of amides is 1. The van der Waals surface area contributed by atoms with E-state index in [9.17, 15) is 14.7 Å². The van der Waals surface area contributed by atoms with Crippen molar-refractivity contribution in [2.75, 3.05) is 24.3 Å². The molecule has 1 aromatic heterocycles. The van der Waals surface area contributed by atoms with E-state index in [1.165, 1.54) is 11.8 Å². The molecule has 4 rings (SSSR count). The van der Waals surface area contributed by atoms with Crippen molar-refractivity contribution in [2.24, 2.45) is 0 Å². The van der Waals surface area contributed by atoms with E-state index in [4.69, 9.17) is 9.15 Å². The van der Waals surface area contributed by atoms with Gasteiger partial charge in [-0.15, -0.1) is 10.2 Å². The van der Waals surface area contributed by atoms with Gasteiger partial charge in [0, 0.05) is 35.3 Å². The molecule has 1 aliphatic rings. The minimum Gasteiger partial charge on any atom is -0.507 e. The highest BCUT2D eigenvalue weighted by Gasteiger charge is 2.35. The van der Waals surface area contributed by atoms with Crippen LogP contribution in [0.1, 0.15) is 81.3 Å². The van der Waals surface area contributed by atoms with Crippen LogP contribution in [0.5, 0.6) is 11.5 Å². The maximum Gasteiger partial charge on any atom is 0.277 e. The lowest BCUT2D eigenvalue weighted by Crippen LogP contribution is -2.24. The summed E-state index contributed by atoms with van der Waals surface area (Å²) < 4.78 is 11.0. The standard InChI is InChI=1S/C29H35N3O5S/c1-28(2,3)21-12-17(13-22(25(21)35)29(4,5)6)23(33)16-38-27-31-30-26(37-27)18-14-24(34)32(15-18)19-8-10-20(36-7)11-9-19/h8-13,18,35H,14-16H2,1-7H3. The fraction of sp³-hybridized carbons (Fsp3) is 0.448. The first-order valence-electron chi connectivity index (χ1n) is 12.6. The van der Waals surface area contributed by atoms with Crippen LogP contribution in [-0.2, 0) is 15.6 Å². The summed E-state index contributed by atoms with van der Waals surface area (Å²) in [4.78, 5) is 27.5. The van der Waals surface area contributed by atoms with E-state index in [0.717, 1.165) is 22.6 Å². The Bertz CT molecular complexity index is 1300. The third-order valence-corrected chi connectivity index (χ3v) is 7.47. The molecular formula is C29H35N3O5S. The molecular weight excluding hydrogens is 502 g/mol. The molecule has 1 aliphatic heterocycles. The topological polar surface area (TPSA) is 106 Å². The highest BCUT2D eigenvalue weighted by atomic mass is 32.2.